The van der Waals surface area contributed by atoms with Crippen LogP contribution in [0.3, 0.4) is 0 Å². The van der Waals surface area contributed by atoms with E-state index in [2.05, 4.69) is 38.9 Å². The van der Waals surface area contributed by atoms with Gasteiger partial charge >= 0.3 is 0 Å². The number of nitrogens with one attached hydrogen (secondary N) is 2. The number of aromatic nitrogens is 3. The summed E-state index contributed by atoms with van der Waals surface area (Å²) in [6, 6.07) is 16.2. The van der Waals surface area contributed by atoms with Crippen molar-refractivity contribution in [2.75, 3.05) is 32.2 Å². The zero-order chi connectivity index (χ0) is 21.7. The third-order valence-electron chi connectivity index (χ3n) is 4.42. The number of methoxy groups -OCH3 is 1. The van der Waals surface area contributed by atoms with E-state index in [1.165, 1.54) is 0 Å². The Bertz CT molecular complexity index is 943. The molecule has 0 bridgehead atoms. The molecule has 0 aliphatic carbocycles. The first-order valence-electron chi connectivity index (χ1n) is 10.4. The van der Waals surface area contributed by atoms with Crippen molar-refractivity contribution in [2.24, 2.45) is 4.99 Å². The smallest absolute Gasteiger partial charge is 0.196 e. The minimum Gasteiger partial charge on any atom is -0.493 e. The molecule has 8 nitrogen and oxygen atoms in total. The van der Waals surface area contributed by atoms with Crippen LogP contribution < -0.4 is 15.4 Å². The fourth-order valence-electron chi connectivity index (χ4n) is 3.00. The number of aliphatic imine (C=N–C) groups is 1. The molecule has 8 heteroatoms. The summed E-state index contributed by atoms with van der Waals surface area (Å²) in [6.45, 7) is 5.38. The molecule has 31 heavy (non-hydrogen) atoms. The summed E-state index contributed by atoms with van der Waals surface area (Å²) in [4.78, 5) is 8.73. The highest BCUT2D eigenvalue weighted by molar-refractivity contribution is 5.93. The van der Waals surface area contributed by atoms with E-state index in [4.69, 9.17) is 14.5 Å². The van der Waals surface area contributed by atoms with Crippen LogP contribution in [0.25, 0.3) is 0 Å². The average Bonchev–Trinajstić information content (AvgIpc) is 3.29. The lowest BCUT2D eigenvalue weighted by Gasteiger charge is -2.13. The van der Waals surface area contributed by atoms with Crippen molar-refractivity contribution < 1.29 is 9.47 Å². The van der Waals surface area contributed by atoms with Gasteiger partial charge in [0.05, 0.1) is 19.7 Å². The van der Waals surface area contributed by atoms with Gasteiger partial charge in [-0.25, -0.2) is 14.7 Å². The summed E-state index contributed by atoms with van der Waals surface area (Å²) in [6.07, 6.45) is 4.11. The van der Waals surface area contributed by atoms with E-state index in [1.807, 2.05) is 37.3 Å². The standard InChI is InChI=1S/C23H30N6O2/c1-3-25-23(28-21-9-5-10-22(14-21)31-12-6-11-30-2)26-15-19-7-4-8-20(13-19)16-29-18-24-17-27-29/h4-5,7-10,13-14,17-18H,3,6,11-12,15-16H2,1-2H3,(H2,25,26,28). The first-order valence-corrected chi connectivity index (χ1v) is 10.4. The van der Waals surface area contributed by atoms with Gasteiger partial charge in [0.2, 0.25) is 0 Å². The van der Waals surface area contributed by atoms with E-state index in [9.17, 15) is 0 Å². The highest BCUT2D eigenvalue weighted by Crippen LogP contribution is 2.17. The molecule has 3 aromatic rings. The van der Waals surface area contributed by atoms with Crippen LogP contribution in [0.5, 0.6) is 5.75 Å². The molecule has 0 aliphatic heterocycles. The lowest BCUT2D eigenvalue weighted by Crippen LogP contribution is -2.30. The van der Waals surface area contributed by atoms with E-state index in [-0.39, 0.29) is 0 Å². The van der Waals surface area contributed by atoms with E-state index >= 15 is 0 Å². The van der Waals surface area contributed by atoms with Gasteiger partial charge in [0.25, 0.3) is 0 Å². The molecular weight excluding hydrogens is 392 g/mol. The van der Waals surface area contributed by atoms with Crippen LogP contribution in [0.2, 0.25) is 0 Å². The third kappa shape index (κ3) is 7.75. The summed E-state index contributed by atoms with van der Waals surface area (Å²) < 4.78 is 12.6. The molecule has 0 fully saturated rings. The summed E-state index contributed by atoms with van der Waals surface area (Å²) in [5, 5.41) is 10.8. The summed E-state index contributed by atoms with van der Waals surface area (Å²) in [5.74, 6) is 1.54. The second kappa shape index (κ2) is 12.3. The van der Waals surface area contributed by atoms with E-state index in [1.54, 1.807) is 24.4 Å². The zero-order valence-electron chi connectivity index (χ0n) is 18.1. The SMILES string of the molecule is CCNC(=NCc1cccc(Cn2cncn2)c1)Nc1cccc(OCCCOC)c1. The Morgan fingerprint density at radius 1 is 1.10 bits per heavy atom. The molecular formula is C23H30N6O2. The number of rotatable bonds is 11. The van der Waals surface area contributed by atoms with Crippen LogP contribution in [0, 0.1) is 0 Å². The average molecular weight is 423 g/mol. The van der Waals surface area contributed by atoms with Gasteiger partial charge in [-0.1, -0.05) is 30.3 Å². The van der Waals surface area contributed by atoms with Crippen molar-refractivity contribution in [1.82, 2.24) is 20.1 Å². The minimum absolute atomic E-state index is 0.563. The Hall–Kier alpha value is -3.39. The molecule has 0 saturated heterocycles. The van der Waals surface area contributed by atoms with Gasteiger partial charge in [-0.2, -0.15) is 5.10 Å². The van der Waals surface area contributed by atoms with Crippen LogP contribution in [0.15, 0.2) is 66.2 Å². The van der Waals surface area contributed by atoms with Crippen LogP contribution >= 0.6 is 0 Å². The van der Waals surface area contributed by atoms with Crippen molar-refractivity contribution in [3.8, 4) is 5.75 Å². The van der Waals surface area contributed by atoms with Gasteiger partial charge in [-0.15, -0.1) is 0 Å². The monoisotopic (exact) mass is 422 g/mol. The van der Waals surface area contributed by atoms with Crippen molar-refractivity contribution in [2.45, 2.75) is 26.4 Å². The molecule has 0 unspecified atom stereocenters. The quantitative estimate of drug-likeness (QED) is 0.280. The predicted octanol–water partition coefficient (Wildman–Crippen LogP) is 3.32. The lowest BCUT2D eigenvalue weighted by atomic mass is 10.1. The van der Waals surface area contributed by atoms with Gasteiger partial charge in [0.1, 0.15) is 18.4 Å². The fraction of sp³-hybridized carbons (Fsp3) is 0.348. The first-order chi connectivity index (χ1) is 15.3. The number of guanidine groups is 1. The molecule has 2 N–H and O–H groups in total. The van der Waals surface area contributed by atoms with Gasteiger partial charge in [0, 0.05) is 38.4 Å². The van der Waals surface area contributed by atoms with Crippen molar-refractivity contribution >= 4 is 11.6 Å². The zero-order valence-corrected chi connectivity index (χ0v) is 18.1. The molecule has 2 aromatic carbocycles. The molecule has 3 rings (SSSR count). The highest BCUT2D eigenvalue weighted by Gasteiger charge is 2.03. The van der Waals surface area contributed by atoms with E-state index in [0.29, 0.717) is 26.3 Å². The molecule has 0 amide bonds. The summed E-state index contributed by atoms with van der Waals surface area (Å²) in [7, 11) is 1.69. The Balaban J connectivity index is 1.61. The molecule has 164 valence electrons. The molecule has 0 aliphatic rings. The Labute approximate surface area is 183 Å². The van der Waals surface area contributed by atoms with Gasteiger partial charge in [-0.05, 0) is 30.2 Å². The number of hydrogen-bond acceptors (Lipinski definition) is 5. The molecule has 0 radical (unpaired) electrons. The largest absolute Gasteiger partial charge is 0.493 e. The molecule has 1 aromatic heterocycles. The van der Waals surface area contributed by atoms with Crippen molar-refractivity contribution in [3.63, 3.8) is 0 Å². The fourth-order valence-corrected chi connectivity index (χ4v) is 3.00. The summed E-state index contributed by atoms with van der Waals surface area (Å²) in [5.41, 5.74) is 3.21. The normalized spacial score (nSPS) is 11.4. The van der Waals surface area contributed by atoms with Crippen LogP contribution in [0.4, 0.5) is 5.69 Å². The molecule has 0 spiro atoms. The minimum atomic E-state index is 0.563. The van der Waals surface area contributed by atoms with Gasteiger partial charge in [0.15, 0.2) is 5.96 Å². The van der Waals surface area contributed by atoms with Crippen LogP contribution in [0.1, 0.15) is 24.5 Å². The lowest BCUT2D eigenvalue weighted by molar-refractivity contribution is 0.172. The topological polar surface area (TPSA) is 85.6 Å². The first kappa shape index (κ1) is 22.3. The highest BCUT2D eigenvalue weighted by atomic mass is 16.5. The second-order valence-corrected chi connectivity index (χ2v) is 6.96. The van der Waals surface area contributed by atoms with Crippen molar-refractivity contribution in [1.29, 1.82) is 0 Å². The van der Waals surface area contributed by atoms with E-state index in [0.717, 1.165) is 41.5 Å². The van der Waals surface area contributed by atoms with Crippen LogP contribution in [-0.2, 0) is 17.8 Å². The second-order valence-electron chi connectivity index (χ2n) is 6.96. The molecule has 1 heterocycles. The van der Waals surface area contributed by atoms with Crippen LogP contribution in [-0.4, -0.2) is 47.6 Å². The summed E-state index contributed by atoms with van der Waals surface area (Å²) >= 11 is 0. The molecule has 0 saturated carbocycles. The maximum absolute atomic E-state index is 5.78. The van der Waals surface area contributed by atoms with Gasteiger partial charge in [-0.3, -0.25) is 0 Å². The van der Waals surface area contributed by atoms with Crippen molar-refractivity contribution in [3.05, 3.63) is 72.3 Å². The maximum atomic E-state index is 5.78. The Morgan fingerprint density at radius 2 is 1.97 bits per heavy atom. The number of hydrogen-bond donors (Lipinski definition) is 2. The molecule has 0 atom stereocenters. The maximum Gasteiger partial charge on any atom is 0.196 e. The predicted molar refractivity (Wildman–Crippen MR) is 122 cm³/mol. The third-order valence-corrected chi connectivity index (χ3v) is 4.42. The van der Waals surface area contributed by atoms with E-state index < -0.39 is 0 Å². The van der Waals surface area contributed by atoms with Gasteiger partial charge < -0.3 is 20.1 Å². The Kier molecular flexibility index (Phi) is 8.88. The number of nitrogens with zero attached hydrogens (tertiary/aromatic N) is 4. The number of anilines is 1. The number of benzene rings is 2. The number of ether oxygens (including phenoxy) is 2. The Morgan fingerprint density at radius 3 is 2.77 bits per heavy atom.